The van der Waals surface area contributed by atoms with Gasteiger partial charge in [0, 0.05) is 19.2 Å². The fraction of sp³-hybridized carbons (Fsp3) is 0.647. The molecule has 0 spiro atoms. The van der Waals surface area contributed by atoms with Gasteiger partial charge in [0.05, 0.1) is 6.61 Å². The van der Waals surface area contributed by atoms with E-state index in [2.05, 4.69) is 44.3 Å². The summed E-state index contributed by atoms with van der Waals surface area (Å²) in [5, 5.41) is 3.47. The smallest absolute Gasteiger partial charge is 0.134 e. The molecule has 1 atom stereocenters. The summed E-state index contributed by atoms with van der Waals surface area (Å²) in [5.41, 5.74) is 3.02. The Balaban J connectivity index is 1.96. The van der Waals surface area contributed by atoms with E-state index < -0.39 is 0 Å². The summed E-state index contributed by atoms with van der Waals surface area (Å²) in [6.45, 7) is 7.86. The number of fused-ring (bicyclic) bond motifs is 1. The Morgan fingerprint density at radius 1 is 1.20 bits per heavy atom. The quantitative estimate of drug-likeness (QED) is 0.867. The third kappa shape index (κ3) is 4.50. The Morgan fingerprint density at radius 2 is 1.95 bits per heavy atom. The molecule has 0 radical (unpaired) electrons. The summed E-state index contributed by atoms with van der Waals surface area (Å²) in [4.78, 5) is 0. The molecule has 1 aromatic rings. The molecule has 0 bridgehead atoms. The van der Waals surface area contributed by atoms with Crippen LogP contribution in [-0.2, 0) is 17.6 Å². The average molecular weight is 277 g/mol. The van der Waals surface area contributed by atoms with Crippen molar-refractivity contribution in [3.63, 3.8) is 0 Å². The summed E-state index contributed by atoms with van der Waals surface area (Å²) in [6, 6.07) is 6.49. The predicted octanol–water partition coefficient (Wildman–Crippen LogP) is 2.96. The maximum absolute atomic E-state index is 6.09. The molecule has 0 saturated carbocycles. The summed E-state index contributed by atoms with van der Waals surface area (Å²) in [6.07, 6.45) is 3.70. The first-order chi connectivity index (χ1) is 9.48. The van der Waals surface area contributed by atoms with Crippen molar-refractivity contribution in [2.45, 2.75) is 51.7 Å². The van der Waals surface area contributed by atoms with Gasteiger partial charge in [0.25, 0.3) is 0 Å². The largest absolute Gasteiger partial charge is 0.487 e. The van der Waals surface area contributed by atoms with Crippen molar-refractivity contribution in [3.8, 4) is 5.75 Å². The van der Waals surface area contributed by atoms with E-state index in [-0.39, 0.29) is 11.6 Å². The molecule has 0 fully saturated rings. The molecule has 1 aliphatic rings. The van der Waals surface area contributed by atoms with Crippen molar-refractivity contribution < 1.29 is 9.47 Å². The highest BCUT2D eigenvalue weighted by molar-refractivity contribution is 5.38. The van der Waals surface area contributed by atoms with Gasteiger partial charge in [-0.2, -0.15) is 0 Å². The number of rotatable bonds is 6. The van der Waals surface area contributed by atoms with Gasteiger partial charge in [-0.3, -0.25) is 0 Å². The van der Waals surface area contributed by atoms with Gasteiger partial charge in [0.2, 0.25) is 0 Å². The Hall–Kier alpha value is -1.06. The van der Waals surface area contributed by atoms with Crippen molar-refractivity contribution in [3.05, 3.63) is 29.3 Å². The number of hydrogen-bond acceptors (Lipinski definition) is 3. The molecule has 2 rings (SSSR count). The lowest BCUT2D eigenvalue weighted by Gasteiger charge is -2.25. The lowest BCUT2D eigenvalue weighted by Crippen LogP contribution is -2.44. The zero-order valence-electron chi connectivity index (χ0n) is 13.2. The Bertz CT molecular complexity index is 437. The van der Waals surface area contributed by atoms with E-state index in [1.54, 1.807) is 7.11 Å². The maximum Gasteiger partial charge on any atom is 0.134 e. The standard InChI is InChI=1S/C17H27NO2/c1-17(2,3)18-11-16(12-19-4)20-15-9-8-13-6-5-7-14(13)10-15/h8-10,16,18H,5-7,11-12H2,1-4H3. The molecule has 112 valence electrons. The number of aryl methyl sites for hydroxylation is 2. The topological polar surface area (TPSA) is 30.5 Å². The first kappa shape index (κ1) is 15.3. The fourth-order valence-corrected chi connectivity index (χ4v) is 2.55. The van der Waals surface area contributed by atoms with E-state index in [0.29, 0.717) is 6.61 Å². The fourth-order valence-electron chi connectivity index (χ4n) is 2.55. The van der Waals surface area contributed by atoms with E-state index in [1.807, 2.05) is 0 Å². The molecule has 0 aromatic heterocycles. The van der Waals surface area contributed by atoms with Crippen molar-refractivity contribution >= 4 is 0 Å². The van der Waals surface area contributed by atoms with Crippen molar-refractivity contribution in [1.82, 2.24) is 5.32 Å². The van der Waals surface area contributed by atoms with Gasteiger partial charge in [-0.15, -0.1) is 0 Å². The molecule has 0 aliphatic heterocycles. The summed E-state index contributed by atoms with van der Waals surface area (Å²) in [5.74, 6) is 0.961. The van der Waals surface area contributed by atoms with E-state index in [0.717, 1.165) is 12.3 Å². The highest BCUT2D eigenvalue weighted by Crippen LogP contribution is 2.26. The molecule has 1 aromatic carbocycles. The van der Waals surface area contributed by atoms with E-state index in [4.69, 9.17) is 9.47 Å². The Morgan fingerprint density at radius 3 is 2.65 bits per heavy atom. The van der Waals surface area contributed by atoms with Crippen LogP contribution in [0.4, 0.5) is 0 Å². The van der Waals surface area contributed by atoms with Gasteiger partial charge in [0.1, 0.15) is 11.9 Å². The molecule has 1 unspecified atom stereocenters. The van der Waals surface area contributed by atoms with Crippen LogP contribution in [0.3, 0.4) is 0 Å². The molecule has 0 amide bonds. The SMILES string of the molecule is COCC(CNC(C)(C)C)Oc1ccc2c(c1)CCC2. The maximum atomic E-state index is 6.09. The minimum absolute atomic E-state index is 0.0404. The van der Waals surface area contributed by atoms with E-state index in [9.17, 15) is 0 Å². The molecule has 0 saturated heterocycles. The highest BCUT2D eigenvalue weighted by atomic mass is 16.5. The molecular weight excluding hydrogens is 250 g/mol. The third-order valence-electron chi connectivity index (χ3n) is 3.59. The predicted molar refractivity (Wildman–Crippen MR) is 82.5 cm³/mol. The van der Waals surface area contributed by atoms with Crippen LogP contribution >= 0.6 is 0 Å². The molecule has 1 N–H and O–H groups in total. The van der Waals surface area contributed by atoms with Crippen LogP contribution in [0.1, 0.15) is 38.3 Å². The second kappa shape index (κ2) is 6.59. The number of benzene rings is 1. The monoisotopic (exact) mass is 277 g/mol. The highest BCUT2D eigenvalue weighted by Gasteiger charge is 2.17. The van der Waals surface area contributed by atoms with Crippen LogP contribution in [0, 0.1) is 0 Å². The molecule has 3 heteroatoms. The summed E-state index contributed by atoms with van der Waals surface area (Å²) in [7, 11) is 1.72. The summed E-state index contributed by atoms with van der Waals surface area (Å²) >= 11 is 0. The van der Waals surface area contributed by atoms with Gasteiger partial charge in [-0.05, 0) is 63.3 Å². The van der Waals surface area contributed by atoms with Crippen LogP contribution in [0.2, 0.25) is 0 Å². The van der Waals surface area contributed by atoms with Crippen molar-refractivity contribution in [2.24, 2.45) is 0 Å². The second-order valence-corrected chi connectivity index (χ2v) is 6.61. The zero-order chi connectivity index (χ0) is 14.6. The molecule has 0 heterocycles. The van der Waals surface area contributed by atoms with Crippen LogP contribution in [0.25, 0.3) is 0 Å². The number of hydrogen-bond donors (Lipinski definition) is 1. The Kier molecular flexibility index (Phi) is 5.06. The minimum atomic E-state index is 0.0404. The number of ether oxygens (including phenoxy) is 2. The third-order valence-corrected chi connectivity index (χ3v) is 3.59. The van der Waals surface area contributed by atoms with E-state index >= 15 is 0 Å². The number of methoxy groups -OCH3 is 1. The van der Waals surface area contributed by atoms with Gasteiger partial charge < -0.3 is 14.8 Å². The molecule has 20 heavy (non-hydrogen) atoms. The van der Waals surface area contributed by atoms with Crippen molar-refractivity contribution in [2.75, 3.05) is 20.3 Å². The molecular formula is C17H27NO2. The van der Waals surface area contributed by atoms with Gasteiger partial charge >= 0.3 is 0 Å². The minimum Gasteiger partial charge on any atom is -0.487 e. The average Bonchev–Trinajstić information content (AvgIpc) is 2.82. The van der Waals surface area contributed by atoms with E-state index in [1.165, 1.54) is 30.4 Å². The van der Waals surface area contributed by atoms with Gasteiger partial charge in [-0.1, -0.05) is 6.07 Å². The van der Waals surface area contributed by atoms with Gasteiger partial charge in [-0.25, -0.2) is 0 Å². The first-order valence-corrected chi connectivity index (χ1v) is 7.50. The van der Waals surface area contributed by atoms with Crippen LogP contribution in [0.15, 0.2) is 18.2 Å². The first-order valence-electron chi connectivity index (χ1n) is 7.50. The van der Waals surface area contributed by atoms with Crippen molar-refractivity contribution in [1.29, 1.82) is 0 Å². The van der Waals surface area contributed by atoms with Crippen LogP contribution in [0.5, 0.6) is 5.75 Å². The zero-order valence-corrected chi connectivity index (χ0v) is 13.2. The lowest BCUT2D eigenvalue weighted by molar-refractivity contribution is 0.0764. The Labute approximate surface area is 122 Å². The number of nitrogens with one attached hydrogen (secondary N) is 1. The van der Waals surface area contributed by atoms with Crippen LogP contribution < -0.4 is 10.1 Å². The molecule has 1 aliphatic carbocycles. The van der Waals surface area contributed by atoms with Gasteiger partial charge in [0.15, 0.2) is 0 Å². The molecule has 3 nitrogen and oxygen atoms in total. The normalized spacial score (nSPS) is 16.0. The second-order valence-electron chi connectivity index (χ2n) is 6.61. The van der Waals surface area contributed by atoms with Crippen LogP contribution in [-0.4, -0.2) is 31.9 Å². The summed E-state index contributed by atoms with van der Waals surface area (Å²) < 4.78 is 11.4. The lowest BCUT2D eigenvalue weighted by atomic mass is 10.1.